The van der Waals surface area contributed by atoms with Crippen molar-refractivity contribution < 1.29 is 14.7 Å². The summed E-state index contributed by atoms with van der Waals surface area (Å²) in [6.45, 7) is 6.62. The number of nitrogens with zero attached hydrogens (tertiary/aromatic N) is 2. The van der Waals surface area contributed by atoms with Crippen LogP contribution in [0.2, 0.25) is 0 Å². The number of hydrogen-bond acceptors (Lipinski definition) is 4. The Morgan fingerprint density at radius 1 is 1.24 bits per heavy atom. The molecule has 1 aliphatic heterocycles. The maximum Gasteiger partial charge on any atom is 0.236 e. The van der Waals surface area contributed by atoms with Crippen LogP contribution in [0.3, 0.4) is 0 Å². The van der Waals surface area contributed by atoms with Crippen LogP contribution in [-0.4, -0.2) is 48.2 Å². The zero-order valence-corrected chi connectivity index (χ0v) is 13.3. The normalized spacial score (nSPS) is 18.5. The third-order valence-electron chi connectivity index (χ3n) is 4.20. The molecule has 1 fully saturated rings. The van der Waals surface area contributed by atoms with E-state index in [1.807, 2.05) is 4.90 Å². The topological polar surface area (TPSA) is 88.2 Å². The van der Waals surface area contributed by atoms with Gasteiger partial charge in [-0.1, -0.05) is 31.8 Å². The van der Waals surface area contributed by atoms with Crippen LogP contribution < -0.4 is 5.73 Å². The highest BCUT2D eigenvalue weighted by molar-refractivity contribution is 6.06. The molecule has 6 heteroatoms. The van der Waals surface area contributed by atoms with Gasteiger partial charge in [0.15, 0.2) is 5.84 Å². The van der Waals surface area contributed by atoms with Crippen LogP contribution in [0.4, 0.5) is 0 Å². The minimum Gasteiger partial charge on any atom is -0.409 e. The molecule has 0 aromatic heterocycles. The molecule has 0 aromatic rings. The lowest BCUT2D eigenvalue weighted by molar-refractivity contribution is -0.142. The number of ether oxygens (including phenoxy) is 1. The Hall–Kier alpha value is -1.30. The van der Waals surface area contributed by atoms with Gasteiger partial charge in [-0.15, -0.1) is 0 Å². The van der Waals surface area contributed by atoms with Gasteiger partial charge in [-0.3, -0.25) is 4.79 Å². The molecule has 0 bridgehead atoms. The van der Waals surface area contributed by atoms with Crippen molar-refractivity contribution in [2.45, 2.75) is 52.4 Å². The molecule has 0 atom stereocenters. The highest BCUT2D eigenvalue weighted by atomic mass is 16.5. The van der Waals surface area contributed by atoms with E-state index in [1.165, 1.54) is 0 Å². The number of rotatable bonds is 8. The predicted octanol–water partition coefficient (Wildman–Crippen LogP) is 1.96. The van der Waals surface area contributed by atoms with Gasteiger partial charge in [-0.2, -0.15) is 0 Å². The third-order valence-corrected chi connectivity index (χ3v) is 4.20. The molecule has 122 valence electrons. The van der Waals surface area contributed by atoms with E-state index in [2.05, 4.69) is 19.0 Å². The summed E-state index contributed by atoms with van der Waals surface area (Å²) in [5.41, 5.74) is 4.98. The second-order valence-corrected chi connectivity index (χ2v) is 5.68. The van der Waals surface area contributed by atoms with Crippen molar-refractivity contribution in [3.63, 3.8) is 0 Å². The minimum atomic E-state index is -0.894. The molecule has 1 rings (SSSR count). The molecule has 21 heavy (non-hydrogen) atoms. The summed E-state index contributed by atoms with van der Waals surface area (Å²) in [5.74, 6) is 0.0109. The molecule has 6 nitrogen and oxygen atoms in total. The van der Waals surface area contributed by atoms with Crippen LogP contribution >= 0.6 is 0 Å². The minimum absolute atomic E-state index is 0.0111. The lowest BCUT2D eigenvalue weighted by Crippen LogP contribution is -2.54. The number of carbonyl (C=O) groups excluding carboxylic acids is 1. The van der Waals surface area contributed by atoms with Crippen molar-refractivity contribution in [3.05, 3.63) is 0 Å². The van der Waals surface area contributed by atoms with Crippen molar-refractivity contribution in [2.75, 3.05) is 26.3 Å². The monoisotopic (exact) mass is 299 g/mol. The van der Waals surface area contributed by atoms with E-state index in [0.29, 0.717) is 26.1 Å². The first-order valence-electron chi connectivity index (χ1n) is 7.97. The molecule has 1 heterocycles. The molecule has 1 aliphatic rings. The van der Waals surface area contributed by atoms with E-state index in [4.69, 9.17) is 15.7 Å². The fourth-order valence-corrected chi connectivity index (χ4v) is 2.71. The quantitative estimate of drug-likeness (QED) is 0.310. The molecule has 0 spiro atoms. The van der Waals surface area contributed by atoms with Gasteiger partial charge in [0.25, 0.3) is 0 Å². The first kappa shape index (κ1) is 17.8. The first-order valence-corrected chi connectivity index (χ1v) is 7.97. The molecule has 0 aromatic carbocycles. The molecule has 0 aliphatic carbocycles. The van der Waals surface area contributed by atoms with Gasteiger partial charge in [0.05, 0.1) is 0 Å². The van der Waals surface area contributed by atoms with Crippen molar-refractivity contribution in [3.8, 4) is 0 Å². The van der Waals surface area contributed by atoms with Crippen LogP contribution in [0.1, 0.15) is 52.4 Å². The Kier molecular flexibility index (Phi) is 7.50. The van der Waals surface area contributed by atoms with Crippen LogP contribution in [0.15, 0.2) is 5.16 Å². The highest BCUT2D eigenvalue weighted by Crippen LogP contribution is 2.33. The molecule has 1 saturated heterocycles. The van der Waals surface area contributed by atoms with E-state index < -0.39 is 5.41 Å². The molecular formula is C15H29N3O3. The number of carbonyl (C=O) groups is 1. The summed E-state index contributed by atoms with van der Waals surface area (Å²) in [6, 6.07) is 0. The molecule has 3 N–H and O–H groups in total. The van der Waals surface area contributed by atoms with Crippen LogP contribution in [0, 0.1) is 5.41 Å². The molecular weight excluding hydrogens is 270 g/mol. The van der Waals surface area contributed by atoms with Gasteiger partial charge in [0.2, 0.25) is 5.91 Å². The maximum atomic E-state index is 13.0. The standard InChI is InChI=1S/C15H29N3O3/c1-3-5-9-18(10-6-4-2)14(19)15(13(16)17-20)7-11-21-12-8-15/h20H,3-12H2,1-2H3,(H2,16,17). The Morgan fingerprint density at radius 2 is 1.76 bits per heavy atom. The summed E-state index contributed by atoms with van der Waals surface area (Å²) in [5, 5.41) is 12.2. The summed E-state index contributed by atoms with van der Waals surface area (Å²) in [4.78, 5) is 14.9. The Morgan fingerprint density at radius 3 is 2.19 bits per heavy atom. The Bertz CT molecular complexity index is 344. The fourth-order valence-electron chi connectivity index (χ4n) is 2.71. The summed E-state index contributed by atoms with van der Waals surface area (Å²) in [6.07, 6.45) is 4.98. The average molecular weight is 299 g/mol. The summed E-state index contributed by atoms with van der Waals surface area (Å²) < 4.78 is 5.35. The fraction of sp³-hybridized carbons (Fsp3) is 0.867. The van der Waals surface area contributed by atoms with Gasteiger partial charge in [-0.05, 0) is 25.7 Å². The van der Waals surface area contributed by atoms with Crippen molar-refractivity contribution in [2.24, 2.45) is 16.3 Å². The van der Waals surface area contributed by atoms with Crippen molar-refractivity contribution in [1.82, 2.24) is 4.90 Å². The molecule has 0 saturated carbocycles. The van der Waals surface area contributed by atoms with E-state index in [0.717, 1.165) is 38.8 Å². The second-order valence-electron chi connectivity index (χ2n) is 5.68. The van der Waals surface area contributed by atoms with Gasteiger partial charge in [0.1, 0.15) is 5.41 Å². The number of amidine groups is 1. The first-order chi connectivity index (χ1) is 10.1. The molecule has 0 radical (unpaired) electrons. The SMILES string of the molecule is CCCCN(CCCC)C(=O)C1(C(N)=NO)CCOCC1. The van der Waals surface area contributed by atoms with E-state index in [9.17, 15) is 4.79 Å². The number of unbranched alkanes of at least 4 members (excludes halogenated alkanes) is 2. The lowest BCUT2D eigenvalue weighted by Gasteiger charge is -2.38. The van der Waals surface area contributed by atoms with Crippen LogP contribution in [0.5, 0.6) is 0 Å². The van der Waals surface area contributed by atoms with E-state index in [1.54, 1.807) is 0 Å². The average Bonchev–Trinajstić information content (AvgIpc) is 2.54. The lowest BCUT2D eigenvalue weighted by atomic mass is 9.77. The van der Waals surface area contributed by atoms with Crippen LogP contribution in [-0.2, 0) is 9.53 Å². The molecule has 0 unspecified atom stereocenters. The van der Waals surface area contributed by atoms with Gasteiger partial charge < -0.3 is 20.6 Å². The number of amides is 1. The van der Waals surface area contributed by atoms with Crippen molar-refractivity contribution >= 4 is 11.7 Å². The largest absolute Gasteiger partial charge is 0.409 e. The smallest absolute Gasteiger partial charge is 0.236 e. The van der Waals surface area contributed by atoms with E-state index >= 15 is 0 Å². The summed E-state index contributed by atoms with van der Waals surface area (Å²) >= 11 is 0. The summed E-state index contributed by atoms with van der Waals surface area (Å²) in [7, 11) is 0. The van der Waals surface area contributed by atoms with Gasteiger partial charge in [0, 0.05) is 26.3 Å². The zero-order chi connectivity index (χ0) is 15.7. The third kappa shape index (κ3) is 4.33. The van der Waals surface area contributed by atoms with Gasteiger partial charge in [-0.25, -0.2) is 0 Å². The number of nitrogens with two attached hydrogens (primary N) is 1. The maximum absolute atomic E-state index is 13.0. The predicted molar refractivity (Wildman–Crippen MR) is 82.3 cm³/mol. The Labute approximate surface area is 127 Å². The highest BCUT2D eigenvalue weighted by Gasteiger charge is 2.46. The zero-order valence-electron chi connectivity index (χ0n) is 13.3. The van der Waals surface area contributed by atoms with Crippen molar-refractivity contribution in [1.29, 1.82) is 0 Å². The Balaban J connectivity index is 2.93. The second kappa shape index (κ2) is 8.87. The molecule has 1 amide bonds. The van der Waals surface area contributed by atoms with Gasteiger partial charge >= 0.3 is 0 Å². The van der Waals surface area contributed by atoms with E-state index in [-0.39, 0.29) is 11.7 Å². The van der Waals surface area contributed by atoms with Crippen LogP contribution in [0.25, 0.3) is 0 Å². The number of oxime groups is 1. The number of hydrogen-bond donors (Lipinski definition) is 2.